The van der Waals surface area contributed by atoms with Crippen molar-refractivity contribution in [3.63, 3.8) is 0 Å². The second-order valence-corrected chi connectivity index (χ2v) is 5.38. The first-order valence-corrected chi connectivity index (χ1v) is 7.47. The number of hydrazone groups is 1. The normalized spacial score (nSPS) is 13.5. The summed E-state index contributed by atoms with van der Waals surface area (Å²) in [5.74, 6) is -0.766. The first kappa shape index (κ1) is 16.6. The van der Waals surface area contributed by atoms with E-state index in [-0.39, 0.29) is 17.0 Å². The Labute approximate surface area is 142 Å². The van der Waals surface area contributed by atoms with Crippen LogP contribution in [-0.2, 0) is 0 Å². The molecule has 2 aromatic carbocycles. The first-order chi connectivity index (χ1) is 12.0. The van der Waals surface area contributed by atoms with Crippen LogP contribution in [0, 0.1) is 15.9 Å². The molecular weight excluding hydrogens is 329 g/mol. The summed E-state index contributed by atoms with van der Waals surface area (Å²) in [6.45, 7) is 0.324. The van der Waals surface area contributed by atoms with E-state index in [2.05, 4.69) is 5.10 Å². The molecule has 0 radical (unpaired) electrons. The number of halogens is 1. The second-order valence-electron chi connectivity index (χ2n) is 5.38. The Morgan fingerprint density at radius 1 is 1.32 bits per heavy atom. The molecule has 128 valence electrons. The Balaban J connectivity index is 1.88. The molecule has 0 bridgehead atoms. The van der Waals surface area contributed by atoms with E-state index in [9.17, 15) is 19.3 Å². The Bertz CT molecular complexity index is 882. The number of hydrogen-bond acceptors (Lipinski definition) is 5. The van der Waals surface area contributed by atoms with Crippen LogP contribution in [0.2, 0.25) is 0 Å². The average Bonchev–Trinajstić information content (AvgIpc) is 3.10. The maximum Gasteiger partial charge on any atom is 0.311 e. The summed E-state index contributed by atoms with van der Waals surface area (Å²) in [5, 5.41) is 16.6. The zero-order chi connectivity index (χ0) is 18.0. The molecule has 0 saturated carbocycles. The molecule has 0 fully saturated rings. The Kier molecular flexibility index (Phi) is 4.42. The Morgan fingerprint density at radius 3 is 2.80 bits per heavy atom. The van der Waals surface area contributed by atoms with Crippen molar-refractivity contribution in [2.24, 2.45) is 5.10 Å². The van der Waals surface area contributed by atoms with Crippen LogP contribution in [-0.4, -0.2) is 35.2 Å². The van der Waals surface area contributed by atoms with Gasteiger partial charge in [-0.3, -0.25) is 14.9 Å². The third kappa shape index (κ3) is 3.32. The highest BCUT2D eigenvalue weighted by Crippen LogP contribution is 2.29. The monoisotopic (exact) mass is 343 g/mol. The number of methoxy groups -OCH3 is 1. The SMILES string of the molecule is COc1ccc(C2=NN(C(=O)c3cccc(F)c3)CC2)cc1[N+](=O)[O-]. The number of carbonyl (C=O) groups is 1. The lowest BCUT2D eigenvalue weighted by molar-refractivity contribution is -0.385. The fourth-order valence-electron chi connectivity index (χ4n) is 2.59. The number of nitro groups is 1. The Hall–Kier alpha value is -3.29. The summed E-state index contributed by atoms with van der Waals surface area (Å²) < 4.78 is 18.2. The molecule has 1 aliphatic rings. The molecule has 7 nitrogen and oxygen atoms in total. The molecule has 0 unspecified atom stereocenters. The van der Waals surface area contributed by atoms with E-state index in [1.54, 1.807) is 6.07 Å². The maximum absolute atomic E-state index is 13.3. The van der Waals surface area contributed by atoms with Gasteiger partial charge < -0.3 is 4.74 Å². The second kappa shape index (κ2) is 6.68. The van der Waals surface area contributed by atoms with Gasteiger partial charge in [0.25, 0.3) is 5.91 Å². The molecule has 8 heteroatoms. The van der Waals surface area contributed by atoms with Gasteiger partial charge in [0.1, 0.15) is 5.82 Å². The van der Waals surface area contributed by atoms with Crippen molar-refractivity contribution in [2.75, 3.05) is 13.7 Å². The molecule has 1 aliphatic heterocycles. The van der Waals surface area contributed by atoms with Crippen LogP contribution >= 0.6 is 0 Å². The fraction of sp³-hybridized carbons (Fsp3) is 0.176. The van der Waals surface area contributed by atoms with Gasteiger partial charge in [0.15, 0.2) is 5.75 Å². The standard InChI is InChI=1S/C17H14FN3O4/c1-25-16-6-5-11(10-15(16)21(23)24)14-7-8-20(19-14)17(22)12-3-2-4-13(18)9-12/h2-6,9-10H,7-8H2,1H3. The van der Waals surface area contributed by atoms with Crippen molar-refractivity contribution in [2.45, 2.75) is 6.42 Å². The van der Waals surface area contributed by atoms with Crippen molar-refractivity contribution in [3.8, 4) is 5.75 Å². The summed E-state index contributed by atoms with van der Waals surface area (Å²) in [7, 11) is 1.36. The third-order valence-corrected chi connectivity index (χ3v) is 3.82. The topological polar surface area (TPSA) is 85.0 Å². The van der Waals surface area contributed by atoms with Gasteiger partial charge in [0.2, 0.25) is 0 Å². The van der Waals surface area contributed by atoms with Crippen LogP contribution in [0.5, 0.6) is 5.75 Å². The van der Waals surface area contributed by atoms with Crippen LogP contribution in [0.25, 0.3) is 0 Å². The highest BCUT2D eigenvalue weighted by atomic mass is 19.1. The predicted molar refractivity (Wildman–Crippen MR) is 88.2 cm³/mol. The number of nitro benzene ring substituents is 1. The van der Waals surface area contributed by atoms with E-state index in [1.165, 1.54) is 42.5 Å². The number of benzene rings is 2. The molecule has 1 amide bonds. The molecule has 2 aromatic rings. The summed E-state index contributed by atoms with van der Waals surface area (Å²) in [5.41, 5.74) is 1.13. The minimum absolute atomic E-state index is 0.153. The molecule has 25 heavy (non-hydrogen) atoms. The highest BCUT2D eigenvalue weighted by molar-refractivity contribution is 6.04. The van der Waals surface area contributed by atoms with Gasteiger partial charge in [0, 0.05) is 23.6 Å². The summed E-state index contributed by atoms with van der Waals surface area (Å²) in [6, 6.07) is 9.88. The Morgan fingerprint density at radius 2 is 2.12 bits per heavy atom. The van der Waals surface area contributed by atoms with E-state index < -0.39 is 16.6 Å². The molecule has 0 atom stereocenters. The zero-order valence-corrected chi connectivity index (χ0v) is 13.3. The predicted octanol–water partition coefficient (Wildman–Crippen LogP) is 2.99. The van der Waals surface area contributed by atoms with E-state index in [0.29, 0.717) is 24.2 Å². The fourth-order valence-corrected chi connectivity index (χ4v) is 2.59. The summed E-state index contributed by atoms with van der Waals surface area (Å²) in [4.78, 5) is 23.0. The minimum Gasteiger partial charge on any atom is -0.490 e. The number of ether oxygens (including phenoxy) is 1. The number of nitrogens with zero attached hydrogens (tertiary/aromatic N) is 3. The molecule has 0 spiro atoms. The zero-order valence-electron chi connectivity index (χ0n) is 13.3. The first-order valence-electron chi connectivity index (χ1n) is 7.47. The molecule has 0 N–H and O–H groups in total. The molecule has 3 rings (SSSR count). The quantitative estimate of drug-likeness (QED) is 0.631. The van der Waals surface area contributed by atoms with Crippen LogP contribution in [0.4, 0.5) is 10.1 Å². The van der Waals surface area contributed by atoms with Gasteiger partial charge in [-0.2, -0.15) is 5.10 Å². The van der Waals surface area contributed by atoms with Crippen molar-refractivity contribution in [1.82, 2.24) is 5.01 Å². The summed E-state index contributed by atoms with van der Waals surface area (Å²) in [6.07, 6.45) is 0.449. The number of rotatable bonds is 4. The van der Waals surface area contributed by atoms with Crippen molar-refractivity contribution >= 4 is 17.3 Å². The van der Waals surface area contributed by atoms with Gasteiger partial charge in [-0.15, -0.1) is 0 Å². The molecule has 1 heterocycles. The van der Waals surface area contributed by atoms with E-state index in [4.69, 9.17) is 4.74 Å². The van der Waals surface area contributed by atoms with Gasteiger partial charge in [-0.05, 0) is 30.3 Å². The number of amides is 1. The van der Waals surface area contributed by atoms with E-state index >= 15 is 0 Å². The molecule has 0 aromatic heterocycles. The molecule has 0 saturated heterocycles. The number of carbonyl (C=O) groups excluding carboxylic acids is 1. The molecule has 0 aliphatic carbocycles. The summed E-state index contributed by atoms with van der Waals surface area (Å²) >= 11 is 0. The lowest BCUT2D eigenvalue weighted by atomic mass is 10.1. The van der Waals surface area contributed by atoms with Gasteiger partial charge in [-0.1, -0.05) is 6.07 Å². The van der Waals surface area contributed by atoms with E-state index in [0.717, 1.165) is 6.07 Å². The third-order valence-electron chi connectivity index (χ3n) is 3.82. The smallest absolute Gasteiger partial charge is 0.311 e. The van der Waals surface area contributed by atoms with Crippen LogP contribution in [0.3, 0.4) is 0 Å². The maximum atomic E-state index is 13.3. The minimum atomic E-state index is -0.534. The largest absolute Gasteiger partial charge is 0.490 e. The average molecular weight is 343 g/mol. The number of hydrogen-bond donors (Lipinski definition) is 0. The lowest BCUT2D eigenvalue weighted by Gasteiger charge is -2.11. The lowest BCUT2D eigenvalue weighted by Crippen LogP contribution is -2.23. The van der Waals surface area contributed by atoms with Crippen LogP contribution in [0.15, 0.2) is 47.6 Å². The van der Waals surface area contributed by atoms with Crippen LogP contribution < -0.4 is 4.74 Å². The van der Waals surface area contributed by atoms with Gasteiger partial charge >= 0.3 is 5.69 Å². The molecular formula is C17H14FN3O4. The van der Waals surface area contributed by atoms with Crippen LogP contribution in [0.1, 0.15) is 22.3 Å². The van der Waals surface area contributed by atoms with E-state index in [1.807, 2.05) is 0 Å². The van der Waals surface area contributed by atoms with Crippen molar-refractivity contribution in [1.29, 1.82) is 0 Å². The van der Waals surface area contributed by atoms with Crippen molar-refractivity contribution in [3.05, 3.63) is 69.5 Å². The van der Waals surface area contributed by atoms with Gasteiger partial charge in [0.05, 0.1) is 24.3 Å². The van der Waals surface area contributed by atoms with Crippen molar-refractivity contribution < 1.29 is 18.8 Å². The van der Waals surface area contributed by atoms with Gasteiger partial charge in [-0.25, -0.2) is 9.40 Å². The highest BCUT2D eigenvalue weighted by Gasteiger charge is 2.25.